The summed E-state index contributed by atoms with van der Waals surface area (Å²) in [6.07, 6.45) is 5.32. The molecule has 0 amide bonds. The Kier molecular flexibility index (Phi) is 3.85. The van der Waals surface area contributed by atoms with Crippen molar-refractivity contribution in [2.45, 2.75) is 51.5 Å². The lowest BCUT2D eigenvalue weighted by Gasteiger charge is -2.18. The first-order valence-electron chi connectivity index (χ1n) is 7.81. The van der Waals surface area contributed by atoms with Crippen molar-refractivity contribution in [1.29, 1.82) is 0 Å². The second-order valence-electron chi connectivity index (χ2n) is 6.92. The summed E-state index contributed by atoms with van der Waals surface area (Å²) >= 11 is 0. The molecule has 0 spiro atoms. The summed E-state index contributed by atoms with van der Waals surface area (Å²) in [4.78, 5) is 4.37. The Hall–Kier alpha value is -1.61. The topological polar surface area (TPSA) is 38.1 Å². The molecule has 112 valence electrons. The summed E-state index contributed by atoms with van der Waals surface area (Å²) in [5.74, 6) is 1.68. The molecule has 3 heteroatoms. The Morgan fingerprint density at radius 3 is 2.52 bits per heavy atom. The number of nitrogens with one attached hydrogen (secondary N) is 1. The van der Waals surface area contributed by atoms with Gasteiger partial charge >= 0.3 is 0 Å². The minimum Gasteiger partial charge on any atom is -0.441 e. The maximum absolute atomic E-state index is 5.85. The molecular weight excluding hydrogens is 260 g/mol. The Morgan fingerprint density at radius 2 is 1.90 bits per heavy atom. The zero-order valence-corrected chi connectivity index (χ0v) is 13.1. The Bertz CT molecular complexity index is 588. The van der Waals surface area contributed by atoms with Crippen LogP contribution in [0.1, 0.15) is 45.1 Å². The third-order valence-electron chi connectivity index (χ3n) is 3.94. The molecule has 1 N–H and O–H groups in total. The van der Waals surface area contributed by atoms with Gasteiger partial charge in [0, 0.05) is 24.6 Å². The molecule has 1 aromatic heterocycles. The highest BCUT2D eigenvalue weighted by Gasteiger charge is 2.20. The molecule has 1 heterocycles. The van der Waals surface area contributed by atoms with Crippen LogP contribution in [0.25, 0.3) is 11.3 Å². The van der Waals surface area contributed by atoms with Crippen LogP contribution in [0.15, 0.2) is 34.9 Å². The summed E-state index contributed by atoms with van der Waals surface area (Å²) in [5, 5.41) is 3.48. The van der Waals surface area contributed by atoms with Gasteiger partial charge < -0.3 is 9.73 Å². The third-order valence-corrected chi connectivity index (χ3v) is 3.94. The number of nitrogens with zero attached hydrogens (tertiary/aromatic N) is 1. The quantitative estimate of drug-likeness (QED) is 0.904. The Balaban J connectivity index is 1.64. The largest absolute Gasteiger partial charge is 0.441 e. The Labute approximate surface area is 126 Å². The number of oxazole rings is 1. The highest BCUT2D eigenvalue weighted by atomic mass is 16.4. The van der Waals surface area contributed by atoms with Gasteiger partial charge in [-0.05, 0) is 23.8 Å². The van der Waals surface area contributed by atoms with Crippen LogP contribution in [-0.2, 0) is 11.8 Å². The molecule has 1 saturated carbocycles. The summed E-state index contributed by atoms with van der Waals surface area (Å²) in [6, 6.07) is 9.32. The summed E-state index contributed by atoms with van der Waals surface area (Å²) in [5.41, 5.74) is 2.61. The van der Waals surface area contributed by atoms with Crippen LogP contribution in [-0.4, -0.2) is 17.6 Å². The van der Waals surface area contributed by atoms with E-state index in [-0.39, 0.29) is 5.41 Å². The van der Waals surface area contributed by atoms with Crippen molar-refractivity contribution in [2.24, 2.45) is 0 Å². The maximum atomic E-state index is 5.85. The SMILES string of the molecule is CC(C)(C)c1ccc(-c2cnc(CCNC3CC3)o2)cc1. The van der Waals surface area contributed by atoms with Crippen LogP contribution in [0.3, 0.4) is 0 Å². The molecule has 21 heavy (non-hydrogen) atoms. The van der Waals surface area contributed by atoms with Gasteiger partial charge in [0.2, 0.25) is 0 Å². The van der Waals surface area contributed by atoms with Crippen LogP contribution in [0.2, 0.25) is 0 Å². The highest BCUT2D eigenvalue weighted by Crippen LogP contribution is 2.26. The molecule has 3 nitrogen and oxygen atoms in total. The van der Waals surface area contributed by atoms with E-state index in [9.17, 15) is 0 Å². The van der Waals surface area contributed by atoms with Gasteiger partial charge in [-0.1, -0.05) is 45.0 Å². The Morgan fingerprint density at radius 1 is 1.19 bits per heavy atom. The normalized spacial score (nSPS) is 15.4. The molecule has 1 fully saturated rings. The molecule has 2 aromatic rings. The number of aromatic nitrogens is 1. The fraction of sp³-hybridized carbons (Fsp3) is 0.500. The molecule has 0 radical (unpaired) electrons. The van der Waals surface area contributed by atoms with Gasteiger partial charge in [-0.15, -0.1) is 0 Å². The number of benzene rings is 1. The summed E-state index contributed by atoms with van der Waals surface area (Å²) < 4.78 is 5.85. The first-order valence-corrected chi connectivity index (χ1v) is 7.81. The fourth-order valence-corrected chi connectivity index (χ4v) is 2.36. The van der Waals surface area contributed by atoms with E-state index in [0.29, 0.717) is 0 Å². The molecule has 1 aromatic carbocycles. The second kappa shape index (κ2) is 5.64. The first-order chi connectivity index (χ1) is 10.0. The lowest BCUT2D eigenvalue weighted by Crippen LogP contribution is -2.19. The molecule has 0 atom stereocenters. The molecule has 1 aliphatic carbocycles. The number of rotatable bonds is 5. The predicted molar refractivity (Wildman–Crippen MR) is 85.4 cm³/mol. The zero-order chi connectivity index (χ0) is 14.9. The van der Waals surface area contributed by atoms with E-state index in [0.717, 1.165) is 36.2 Å². The van der Waals surface area contributed by atoms with Crippen LogP contribution in [0.5, 0.6) is 0 Å². The molecule has 0 unspecified atom stereocenters. The second-order valence-corrected chi connectivity index (χ2v) is 6.92. The van der Waals surface area contributed by atoms with Crippen molar-refractivity contribution in [3.63, 3.8) is 0 Å². The molecule has 3 rings (SSSR count). The smallest absolute Gasteiger partial charge is 0.196 e. The van der Waals surface area contributed by atoms with Crippen molar-refractivity contribution in [1.82, 2.24) is 10.3 Å². The lowest BCUT2D eigenvalue weighted by atomic mass is 9.86. The van der Waals surface area contributed by atoms with Gasteiger partial charge in [-0.25, -0.2) is 4.98 Å². The van der Waals surface area contributed by atoms with E-state index < -0.39 is 0 Å². The average Bonchev–Trinajstić information content (AvgIpc) is 3.14. The van der Waals surface area contributed by atoms with E-state index in [1.807, 2.05) is 6.20 Å². The molecule has 0 aliphatic heterocycles. The van der Waals surface area contributed by atoms with Crippen LogP contribution in [0.4, 0.5) is 0 Å². The van der Waals surface area contributed by atoms with E-state index in [4.69, 9.17) is 4.42 Å². The lowest BCUT2D eigenvalue weighted by molar-refractivity contribution is 0.494. The third kappa shape index (κ3) is 3.73. The molecule has 0 bridgehead atoms. The van der Waals surface area contributed by atoms with Crippen molar-refractivity contribution < 1.29 is 4.42 Å². The minimum atomic E-state index is 0.180. The maximum Gasteiger partial charge on any atom is 0.196 e. The van der Waals surface area contributed by atoms with Crippen LogP contribution < -0.4 is 5.32 Å². The summed E-state index contributed by atoms with van der Waals surface area (Å²) in [6.45, 7) is 7.62. The first kappa shape index (κ1) is 14.3. The van der Waals surface area contributed by atoms with Gasteiger partial charge in [-0.2, -0.15) is 0 Å². The average molecular weight is 284 g/mol. The molecule has 0 saturated heterocycles. The number of hydrogen-bond acceptors (Lipinski definition) is 3. The molecule has 1 aliphatic rings. The van der Waals surface area contributed by atoms with Crippen LogP contribution in [0, 0.1) is 0 Å². The van der Waals surface area contributed by atoms with Crippen molar-refractivity contribution in [2.75, 3.05) is 6.54 Å². The van der Waals surface area contributed by atoms with Crippen molar-refractivity contribution >= 4 is 0 Å². The van der Waals surface area contributed by atoms with Gasteiger partial charge in [0.25, 0.3) is 0 Å². The van der Waals surface area contributed by atoms with Gasteiger partial charge in [-0.3, -0.25) is 0 Å². The van der Waals surface area contributed by atoms with Gasteiger partial charge in [0.05, 0.1) is 6.20 Å². The standard InChI is InChI=1S/C18H24N2O/c1-18(2,3)14-6-4-13(5-7-14)16-12-20-17(21-16)10-11-19-15-8-9-15/h4-7,12,15,19H,8-11H2,1-3H3. The van der Waals surface area contributed by atoms with Gasteiger partial charge in [0.1, 0.15) is 0 Å². The van der Waals surface area contributed by atoms with E-state index in [1.54, 1.807) is 0 Å². The van der Waals surface area contributed by atoms with E-state index in [1.165, 1.54) is 18.4 Å². The van der Waals surface area contributed by atoms with Crippen molar-refractivity contribution in [3.05, 3.63) is 41.9 Å². The van der Waals surface area contributed by atoms with Crippen molar-refractivity contribution in [3.8, 4) is 11.3 Å². The predicted octanol–water partition coefficient (Wildman–Crippen LogP) is 3.93. The monoisotopic (exact) mass is 284 g/mol. The highest BCUT2D eigenvalue weighted by molar-refractivity contribution is 5.57. The summed E-state index contributed by atoms with van der Waals surface area (Å²) in [7, 11) is 0. The minimum absolute atomic E-state index is 0.180. The van der Waals surface area contributed by atoms with E-state index >= 15 is 0 Å². The van der Waals surface area contributed by atoms with E-state index in [2.05, 4.69) is 55.3 Å². The number of hydrogen-bond donors (Lipinski definition) is 1. The van der Waals surface area contributed by atoms with Crippen LogP contribution >= 0.6 is 0 Å². The fourth-order valence-electron chi connectivity index (χ4n) is 2.36. The van der Waals surface area contributed by atoms with Gasteiger partial charge in [0.15, 0.2) is 11.7 Å². The molecular formula is C18H24N2O. The zero-order valence-electron chi connectivity index (χ0n) is 13.1.